The van der Waals surface area contributed by atoms with Crippen LogP contribution in [-0.2, 0) is 14.3 Å². The summed E-state index contributed by atoms with van der Waals surface area (Å²) in [6, 6.07) is 0. The molecule has 5 heteroatoms. The third-order valence-electron chi connectivity index (χ3n) is 8.52. The molecule has 0 spiro atoms. The average Bonchev–Trinajstić information content (AvgIpc) is 2.63. The van der Waals surface area contributed by atoms with Crippen LogP contribution in [0.3, 0.4) is 0 Å². The molecule has 0 aromatic heterocycles. The number of fused-ring (bicyclic) bond motifs is 3. The zero-order valence-corrected chi connectivity index (χ0v) is 19.0. The molecule has 5 nitrogen and oxygen atoms in total. The predicted octanol–water partition coefficient (Wildman–Crippen LogP) is 3.46. The molecule has 0 radical (unpaired) electrons. The van der Waals surface area contributed by atoms with Crippen molar-refractivity contribution in [1.82, 2.24) is 4.90 Å². The Morgan fingerprint density at radius 2 is 1.97 bits per heavy atom. The van der Waals surface area contributed by atoms with Gasteiger partial charge in [-0.05, 0) is 68.4 Å². The average molecular weight is 406 g/mol. The Morgan fingerprint density at radius 3 is 2.62 bits per heavy atom. The van der Waals surface area contributed by atoms with E-state index >= 15 is 0 Å². The molecule has 3 aliphatic rings. The second-order valence-corrected chi connectivity index (χ2v) is 10.8. The van der Waals surface area contributed by atoms with Crippen LogP contribution in [0.4, 0.5) is 0 Å². The van der Waals surface area contributed by atoms with Crippen molar-refractivity contribution >= 4 is 11.8 Å². The standard InChI is InChI=1S/C24H39NO4/c1-15-16(13-21(28)29-12-11-25(5)6)7-8-17-22(15)18(26)14-19-23(2,3)20(27)9-10-24(17,19)4/h13,15,17,19-20,22,27H,7-12,14H2,1-6H3/b16-13-/t15-,17-,19-,20-,22-,24+/m0/s1. The molecule has 0 amide bonds. The third-order valence-corrected chi connectivity index (χ3v) is 8.52. The van der Waals surface area contributed by atoms with E-state index in [1.807, 2.05) is 19.0 Å². The maximum Gasteiger partial charge on any atom is 0.330 e. The number of esters is 1. The number of carbonyl (C=O) groups excluding carboxylic acids is 2. The van der Waals surface area contributed by atoms with E-state index in [-0.39, 0.29) is 40.7 Å². The lowest BCUT2D eigenvalue weighted by Crippen LogP contribution is -2.60. The van der Waals surface area contributed by atoms with Gasteiger partial charge in [0.1, 0.15) is 12.4 Å². The van der Waals surface area contributed by atoms with Gasteiger partial charge in [0.05, 0.1) is 6.10 Å². The fourth-order valence-electron chi connectivity index (χ4n) is 6.63. The van der Waals surface area contributed by atoms with Crippen LogP contribution >= 0.6 is 0 Å². The fourth-order valence-corrected chi connectivity index (χ4v) is 6.63. The quantitative estimate of drug-likeness (QED) is 0.573. The molecule has 0 aliphatic heterocycles. The van der Waals surface area contributed by atoms with Crippen molar-refractivity contribution < 1.29 is 19.4 Å². The van der Waals surface area contributed by atoms with Crippen molar-refractivity contribution in [3.05, 3.63) is 11.6 Å². The van der Waals surface area contributed by atoms with E-state index in [0.717, 1.165) is 31.3 Å². The summed E-state index contributed by atoms with van der Waals surface area (Å²) >= 11 is 0. The molecule has 0 heterocycles. The molecule has 29 heavy (non-hydrogen) atoms. The van der Waals surface area contributed by atoms with Crippen molar-refractivity contribution in [2.24, 2.45) is 34.5 Å². The number of Topliss-reactive ketones (excluding diaryl/α,β-unsaturated/α-hetero) is 1. The number of ether oxygens (including phenoxy) is 1. The van der Waals surface area contributed by atoms with E-state index in [9.17, 15) is 14.7 Å². The summed E-state index contributed by atoms with van der Waals surface area (Å²) in [4.78, 5) is 27.5. The van der Waals surface area contributed by atoms with Gasteiger partial charge in [-0.1, -0.05) is 33.3 Å². The highest BCUT2D eigenvalue weighted by Gasteiger charge is 2.61. The van der Waals surface area contributed by atoms with Crippen molar-refractivity contribution in [3.63, 3.8) is 0 Å². The Bertz CT molecular complexity index is 682. The number of ketones is 1. The summed E-state index contributed by atoms with van der Waals surface area (Å²) in [6.45, 7) is 9.82. The van der Waals surface area contributed by atoms with Gasteiger partial charge >= 0.3 is 5.97 Å². The smallest absolute Gasteiger partial charge is 0.330 e. The summed E-state index contributed by atoms with van der Waals surface area (Å²) < 4.78 is 5.34. The number of aliphatic hydroxyl groups is 1. The summed E-state index contributed by atoms with van der Waals surface area (Å²) in [5.41, 5.74) is 0.905. The minimum absolute atomic E-state index is 0.0168. The molecule has 0 bridgehead atoms. The van der Waals surface area contributed by atoms with E-state index in [1.54, 1.807) is 6.08 Å². The van der Waals surface area contributed by atoms with Crippen LogP contribution in [0.5, 0.6) is 0 Å². The van der Waals surface area contributed by atoms with Crippen LogP contribution in [0.25, 0.3) is 0 Å². The molecule has 0 aromatic rings. The maximum atomic E-state index is 13.3. The van der Waals surface area contributed by atoms with E-state index in [1.165, 1.54) is 0 Å². The molecule has 0 aromatic carbocycles. The van der Waals surface area contributed by atoms with Crippen molar-refractivity contribution in [3.8, 4) is 0 Å². The monoisotopic (exact) mass is 405 g/mol. The lowest BCUT2D eigenvalue weighted by Gasteiger charge is -2.62. The number of likely N-dealkylation sites (N-methyl/N-ethyl adjacent to an activating group) is 1. The molecule has 3 saturated carbocycles. The zero-order valence-electron chi connectivity index (χ0n) is 19.0. The highest BCUT2D eigenvalue weighted by molar-refractivity contribution is 5.86. The Hall–Kier alpha value is -1.20. The first-order chi connectivity index (χ1) is 13.5. The molecule has 1 N–H and O–H groups in total. The van der Waals surface area contributed by atoms with Crippen LogP contribution in [-0.4, -0.2) is 55.1 Å². The van der Waals surface area contributed by atoms with Gasteiger partial charge < -0.3 is 14.7 Å². The lowest BCUT2D eigenvalue weighted by molar-refractivity contribution is -0.172. The van der Waals surface area contributed by atoms with Gasteiger partial charge in [0.15, 0.2) is 0 Å². The Labute approximate surface area is 175 Å². The molecule has 0 saturated heterocycles. The van der Waals surface area contributed by atoms with E-state index in [0.29, 0.717) is 31.3 Å². The van der Waals surface area contributed by atoms with Crippen LogP contribution in [0.2, 0.25) is 0 Å². The first-order valence-corrected chi connectivity index (χ1v) is 11.2. The van der Waals surface area contributed by atoms with Crippen molar-refractivity contribution in [2.75, 3.05) is 27.2 Å². The first kappa shape index (κ1) is 22.5. The Kier molecular flexibility index (Phi) is 6.31. The molecule has 164 valence electrons. The van der Waals surface area contributed by atoms with Gasteiger partial charge in [0, 0.05) is 25.0 Å². The number of aliphatic hydroxyl groups excluding tert-OH is 1. The number of allylic oxidation sites excluding steroid dienone is 1. The minimum atomic E-state index is -0.335. The molecule has 3 aliphatic carbocycles. The van der Waals surface area contributed by atoms with Crippen LogP contribution in [0, 0.1) is 34.5 Å². The molecular weight excluding hydrogens is 366 g/mol. The molecule has 3 rings (SSSR count). The summed E-state index contributed by atoms with van der Waals surface area (Å²) in [7, 11) is 3.90. The molecular formula is C24H39NO4. The van der Waals surface area contributed by atoms with Crippen molar-refractivity contribution in [1.29, 1.82) is 0 Å². The second kappa shape index (κ2) is 8.14. The van der Waals surface area contributed by atoms with Gasteiger partial charge in [-0.15, -0.1) is 0 Å². The number of nitrogens with zero attached hydrogens (tertiary/aromatic N) is 1. The number of hydrogen-bond donors (Lipinski definition) is 1. The molecule has 6 atom stereocenters. The predicted molar refractivity (Wildman–Crippen MR) is 113 cm³/mol. The highest BCUT2D eigenvalue weighted by atomic mass is 16.5. The third kappa shape index (κ3) is 4.05. The van der Waals surface area contributed by atoms with Crippen LogP contribution < -0.4 is 0 Å². The summed E-state index contributed by atoms with van der Waals surface area (Å²) in [5.74, 6) is 0.645. The van der Waals surface area contributed by atoms with E-state index in [2.05, 4.69) is 27.7 Å². The summed E-state index contributed by atoms with van der Waals surface area (Å²) in [6.07, 6.45) is 5.44. The normalized spacial score (nSPS) is 40.5. The lowest BCUT2D eigenvalue weighted by atomic mass is 9.42. The molecule has 3 fully saturated rings. The van der Waals surface area contributed by atoms with Crippen LogP contribution in [0.1, 0.15) is 59.8 Å². The largest absolute Gasteiger partial charge is 0.461 e. The van der Waals surface area contributed by atoms with Gasteiger partial charge in [-0.3, -0.25) is 4.79 Å². The van der Waals surface area contributed by atoms with Gasteiger partial charge in [-0.25, -0.2) is 4.79 Å². The minimum Gasteiger partial charge on any atom is -0.461 e. The maximum absolute atomic E-state index is 13.3. The summed E-state index contributed by atoms with van der Waals surface area (Å²) in [5, 5.41) is 10.6. The van der Waals surface area contributed by atoms with E-state index in [4.69, 9.17) is 4.74 Å². The number of rotatable bonds is 4. The highest BCUT2D eigenvalue weighted by Crippen LogP contribution is 2.63. The first-order valence-electron chi connectivity index (χ1n) is 11.2. The van der Waals surface area contributed by atoms with Crippen molar-refractivity contribution in [2.45, 2.75) is 65.9 Å². The molecule has 0 unspecified atom stereocenters. The second-order valence-electron chi connectivity index (χ2n) is 10.8. The Morgan fingerprint density at radius 1 is 1.28 bits per heavy atom. The Balaban J connectivity index is 1.78. The fraction of sp³-hybridized carbons (Fsp3) is 0.833. The van der Waals surface area contributed by atoms with E-state index < -0.39 is 0 Å². The van der Waals surface area contributed by atoms with Crippen LogP contribution in [0.15, 0.2) is 11.6 Å². The van der Waals surface area contributed by atoms with Gasteiger partial charge in [0.25, 0.3) is 0 Å². The van der Waals surface area contributed by atoms with Gasteiger partial charge in [0.2, 0.25) is 0 Å². The number of hydrogen-bond acceptors (Lipinski definition) is 5. The number of carbonyl (C=O) groups is 2. The van der Waals surface area contributed by atoms with Gasteiger partial charge in [-0.2, -0.15) is 0 Å². The zero-order chi connectivity index (χ0) is 21.6. The topological polar surface area (TPSA) is 66.8 Å². The SMILES string of the molecule is C[C@H]1/C(=C\C(=O)OCCN(C)C)CC[C@H]2[C@H]1C(=O)C[C@H]1C(C)(C)[C@@H](O)CC[C@]21C.